The van der Waals surface area contributed by atoms with Crippen LogP contribution >= 0.6 is 0 Å². The van der Waals surface area contributed by atoms with Gasteiger partial charge in [0.1, 0.15) is 5.82 Å². The molecule has 3 aromatic rings. The van der Waals surface area contributed by atoms with Crippen LogP contribution in [0.1, 0.15) is 24.3 Å². The van der Waals surface area contributed by atoms with Crippen molar-refractivity contribution >= 4 is 15.9 Å². The van der Waals surface area contributed by atoms with E-state index in [0.29, 0.717) is 31.1 Å². The van der Waals surface area contributed by atoms with Gasteiger partial charge in [-0.2, -0.15) is 9.29 Å². The first-order chi connectivity index (χ1) is 15.7. The van der Waals surface area contributed by atoms with Crippen LogP contribution in [0, 0.1) is 18.7 Å². The van der Waals surface area contributed by atoms with E-state index in [0.717, 1.165) is 23.3 Å². The molecule has 10 heteroatoms. The van der Waals surface area contributed by atoms with Crippen LogP contribution in [-0.4, -0.2) is 53.8 Å². The molecule has 0 saturated carbocycles. The van der Waals surface area contributed by atoms with E-state index in [1.54, 1.807) is 7.05 Å². The highest BCUT2D eigenvalue weighted by atomic mass is 32.2. The second kappa shape index (κ2) is 9.40. The summed E-state index contributed by atoms with van der Waals surface area (Å²) in [7, 11) is -2.17. The summed E-state index contributed by atoms with van der Waals surface area (Å²) in [5.74, 6) is -0.436. The van der Waals surface area contributed by atoms with Crippen LogP contribution in [0.15, 0.2) is 57.9 Å². The zero-order valence-corrected chi connectivity index (χ0v) is 19.3. The summed E-state index contributed by atoms with van der Waals surface area (Å²) in [4.78, 5) is 18.9. The highest BCUT2D eigenvalue weighted by Crippen LogP contribution is 2.25. The van der Waals surface area contributed by atoms with Gasteiger partial charge in [-0.25, -0.2) is 12.8 Å². The molecule has 1 atom stereocenters. The summed E-state index contributed by atoms with van der Waals surface area (Å²) < 4.78 is 45.7. The maximum absolute atomic E-state index is 13.2. The first-order valence-electron chi connectivity index (χ1n) is 10.6. The fourth-order valence-corrected chi connectivity index (χ4v) is 5.45. The molecule has 8 nitrogen and oxygen atoms in total. The second-order valence-electron chi connectivity index (χ2n) is 8.23. The number of carbonyl (C=O) groups excluding carboxylic acids is 1. The lowest BCUT2D eigenvalue weighted by Gasteiger charge is -2.33. The Bertz CT molecular complexity index is 1240. The number of hydrogen-bond acceptors (Lipinski definition) is 6. The van der Waals surface area contributed by atoms with E-state index in [-0.39, 0.29) is 23.9 Å². The summed E-state index contributed by atoms with van der Waals surface area (Å²) in [5.41, 5.74) is 1.90. The fraction of sp³-hybridized carbons (Fsp3) is 0.348. The third-order valence-electron chi connectivity index (χ3n) is 5.68. The molecular weight excluding hydrogens is 447 g/mol. The van der Waals surface area contributed by atoms with Gasteiger partial charge >= 0.3 is 0 Å². The Morgan fingerprint density at radius 3 is 2.73 bits per heavy atom. The molecule has 2 aromatic carbocycles. The van der Waals surface area contributed by atoms with Crippen LogP contribution in [0.2, 0.25) is 0 Å². The minimum absolute atomic E-state index is 0.0138. The van der Waals surface area contributed by atoms with Crippen molar-refractivity contribution in [1.29, 1.82) is 0 Å². The van der Waals surface area contributed by atoms with E-state index in [1.165, 1.54) is 21.3 Å². The number of sulfonamides is 1. The van der Waals surface area contributed by atoms with Crippen molar-refractivity contribution in [1.82, 2.24) is 19.3 Å². The van der Waals surface area contributed by atoms with E-state index in [9.17, 15) is 17.6 Å². The second-order valence-corrected chi connectivity index (χ2v) is 10.2. The van der Waals surface area contributed by atoms with Crippen LogP contribution in [0.4, 0.5) is 4.39 Å². The summed E-state index contributed by atoms with van der Waals surface area (Å²) in [5, 5.41) is 4.00. The van der Waals surface area contributed by atoms with E-state index >= 15 is 0 Å². The minimum Gasteiger partial charge on any atom is -0.337 e. The van der Waals surface area contributed by atoms with E-state index in [2.05, 4.69) is 10.1 Å². The zero-order chi connectivity index (χ0) is 23.6. The van der Waals surface area contributed by atoms with E-state index < -0.39 is 21.8 Å². The molecular formula is C23H25FN4O4S. The fourth-order valence-electron chi connectivity index (χ4n) is 3.93. The molecule has 2 heterocycles. The number of halogens is 1. The number of nitrogens with zero attached hydrogens (tertiary/aromatic N) is 4. The lowest BCUT2D eigenvalue weighted by Crippen LogP contribution is -2.45. The molecule has 1 saturated heterocycles. The predicted octanol–water partition coefficient (Wildman–Crippen LogP) is 3.24. The molecule has 0 bridgehead atoms. The lowest BCUT2D eigenvalue weighted by molar-refractivity contribution is -0.136. The van der Waals surface area contributed by atoms with Crippen molar-refractivity contribution in [3.63, 3.8) is 0 Å². The smallest absolute Gasteiger partial charge is 0.246 e. The van der Waals surface area contributed by atoms with Crippen LogP contribution in [0.3, 0.4) is 0 Å². The van der Waals surface area contributed by atoms with Gasteiger partial charge in [-0.3, -0.25) is 4.79 Å². The maximum atomic E-state index is 13.2. The first-order valence-corrected chi connectivity index (χ1v) is 12.1. The van der Waals surface area contributed by atoms with Crippen LogP contribution in [0.25, 0.3) is 11.4 Å². The van der Waals surface area contributed by atoms with Crippen molar-refractivity contribution in [2.24, 2.45) is 5.92 Å². The van der Waals surface area contributed by atoms with Crippen molar-refractivity contribution in [2.45, 2.75) is 31.2 Å². The average molecular weight is 473 g/mol. The Morgan fingerprint density at radius 1 is 1.24 bits per heavy atom. The SMILES string of the molecule is Cc1cccc(-c2noc(CN(C)C(=O)C3CCCN(S(=O)(=O)c4ccc(F)cc4)C3)n2)c1. The average Bonchev–Trinajstić information content (AvgIpc) is 3.27. The highest BCUT2D eigenvalue weighted by Gasteiger charge is 2.34. The lowest BCUT2D eigenvalue weighted by atomic mass is 9.98. The van der Waals surface area contributed by atoms with E-state index in [4.69, 9.17) is 4.52 Å². The quantitative estimate of drug-likeness (QED) is 0.546. The molecule has 1 aliphatic heterocycles. The first kappa shape index (κ1) is 23.1. The summed E-state index contributed by atoms with van der Waals surface area (Å²) in [6, 6.07) is 12.4. The molecule has 174 valence electrons. The third kappa shape index (κ3) is 5.12. The molecule has 0 spiro atoms. The number of benzene rings is 2. The zero-order valence-electron chi connectivity index (χ0n) is 18.4. The van der Waals surface area contributed by atoms with Gasteiger partial charge in [-0.05, 0) is 50.1 Å². The predicted molar refractivity (Wildman–Crippen MR) is 119 cm³/mol. The standard InChI is InChI=1S/C23H25FN4O4S/c1-16-5-3-6-17(13-16)22-25-21(32-26-22)15-27(2)23(29)18-7-4-12-28(14-18)33(30,31)20-10-8-19(24)9-11-20/h3,5-6,8-11,13,18H,4,7,12,14-15H2,1-2H3. The Balaban J connectivity index is 1.42. The summed E-state index contributed by atoms with van der Waals surface area (Å²) in [6.07, 6.45) is 1.14. The molecule has 1 aromatic heterocycles. The van der Waals surface area contributed by atoms with Gasteiger partial charge < -0.3 is 9.42 Å². The number of rotatable bonds is 6. The number of aromatic nitrogens is 2. The number of hydrogen-bond donors (Lipinski definition) is 0. The Hall–Kier alpha value is -3.11. The normalized spacial score (nSPS) is 17.1. The molecule has 0 radical (unpaired) electrons. The molecule has 1 aliphatic rings. The molecule has 1 fully saturated rings. The summed E-state index contributed by atoms with van der Waals surface area (Å²) >= 11 is 0. The van der Waals surface area contributed by atoms with Gasteiger partial charge in [0.2, 0.25) is 27.6 Å². The van der Waals surface area contributed by atoms with Gasteiger partial charge in [0.25, 0.3) is 0 Å². The van der Waals surface area contributed by atoms with Crippen molar-refractivity contribution in [3.05, 3.63) is 65.8 Å². The minimum atomic E-state index is -3.81. The molecule has 1 amide bonds. The van der Waals surface area contributed by atoms with Crippen molar-refractivity contribution in [2.75, 3.05) is 20.1 Å². The largest absolute Gasteiger partial charge is 0.337 e. The molecule has 4 rings (SSSR count). The Morgan fingerprint density at radius 2 is 2.00 bits per heavy atom. The van der Waals surface area contributed by atoms with Gasteiger partial charge in [-0.1, -0.05) is 28.9 Å². The van der Waals surface area contributed by atoms with Crippen molar-refractivity contribution < 1.29 is 22.1 Å². The van der Waals surface area contributed by atoms with Crippen LogP contribution in [0.5, 0.6) is 0 Å². The molecule has 0 aliphatic carbocycles. The van der Waals surface area contributed by atoms with Crippen molar-refractivity contribution in [3.8, 4) is 11.4 Å². The highest BCUT2D eigenvalue weighted by molar-refractivity contribution is 7.89. The molecule has 0 N–H and O–H groups in total. The number of carbonyl (C=O) groups is 1. The van der Waals surface area contributed by atoms with Gasteiger partial charge in [-0.15, -0.1) is 0 Å². The number of amides is 1. The number of piperidine rings is 1. The van der Waals surface area contributed by atoms with Gasteiger partial charge in [0, 0.05) is 25.7 Å². The molecule has 33 heavy (non-hydrogen) atoms. The third-order valence-corrected chi connectivity index (χ3v) is 7.56. The number of aryl methyl sites for hydroxylation is 1. The van der Waals surface area contributed by atoms with Gasteiger partial charge in [0.15, 0.2) is 0 Å². The molecule has 1 unspecified atom stereocenters. The Kier molecular flexibility index (Phi) is 6.57. The van der Waals surface area contributed by atoms with E-state index in [1.807, 2.05) is 31.2 Å². The van der Waals surface area contributed by atoms with Gasteiger partial charge in [0.05, 0.1) is 17.4 Å². The Labute approximate surface area is 192 Å². The maximum Gasteiger partial charge on any atom is 0.246 e. The van der Waals surface area contributed by atoms with Crippen LogP contribution in [-0.2, 0) is 21.4 Å². The van der Waals surface area contributed by atoms with Crippen LogP contribution < -0.4 is 0 Å². The summed E-state index contributed by atoms with van der Waals surface area (Å²) in [6.45, 7) is 2.48. The topological polar surface area (TPSA) is 96.6 Å². The monoisotopic (exact) mass is 472 g/mol.